The van der Waals surface area contributed by atoms with E-state index in [0.29, 0.717) is 0 Å². The molecule has 0 saturated heterocycles. The monoisotopic (exact) mass is 288 g/mol. The number of hydrogen-bond donors (Lipinski definition) is 1. The van der Waals surface area contributed by atoms with E-state index in [1.165, 1.54) is 5.56 Å². The summed E-state index contributed by atoms with van der Waals surface area (Å²) in [7, 11) is 0. The van der Waals surface area contributed by atoms with Gasteiger partial charge in [0.05, 0.1) is 17.6 Å². The van der Waals surface area contributed by atoms with Crippen LogP contribution >= 0.6 is 23.8 Å². The molecule has 0 atom stereocenters. The summed E-state index contributed by atoms with van der Waals surface area (Å²) in [5.41, 5.74) is 4.56. The highest BCUT2D eigenvalue weighted by Crippen LogP contribution is 2.19. The molecule has 0 fully saturated rings. The number of rotatable bonds is 2. The van der Waals surface area contributed by atoms with Crippen LogP contribution in [-0.2, 0) is 6.54 Å². The summed E-state index contributed by atoms with van der Waals surface area (Å²) >= 11 is 11.4. The number of aryl methyl sites for hydroxylation is 1. The lowest BCUT2D eigenvalue weighted by atomic mass is 10.2. The predicted molar refractivity (Wildman–Crippen MR) is 82.4 cm³/mol. The minimum atomic E-state index is 0.725. The van der Waals surface area contributed by atoms with Gasteiger partial charge in [0.15, 0.2) is 4.77 Å². The summed E-state index contributed by atoms with van der Waals surface area (Å²) in [5.74, 6) is 0. The van der Waals surface area contributed by atoms with Crippen molar-refractivity contribution < 1.29 is 0 Å². The molecule has 1 heterocycles. The molecule has 0 unspecified atom stereocenters. The maximum Gasteiger partial charge on any atom is 0.178 e. The zero-order chi connectivity index (χ0) is 13.4. The SMILES string of the molecule is Cc1ccc2[nH]c(=S)n(Cc3cccc(Cl)c3)c2c1. The van der Waals surface area contributed by atoms with E-state index in [1.807, 2.05) is 18.2 Å². The van der Waals surface area contributed by atoms with Crippen LogP contribution in [0.5, 0.6) is 0 Å². The van der Waals surface area contributed by atoms with Crippen molar-refractivity contribution in [2.24, 2.45) is 0 Å². The number of nitrogens with one attached hydrogen (secondary N) is 1. The average molecular weight is 289 g/mol. The Morgan fingerprint density at radius 1 is 1.21 bits per heavy atom. The van der Waals surface area contributed by atoms with Crippen molar-refractivity contribution in [3.05, 3.63) is 63.4 Å². The average Bonchev–Trinajstić information content (AvgIpc) is 2.66. The molecule has 2 nitrogen and oxygen atoms in total. The first-order valence-corrected chi connectivity index (χ1v) is 6.86. The van der Waals surface area contributed by atoms with Gasteiger partial charge >= 0.3 is 0 Å². The highest BCUT2D eigenvalue weighted by Gasteiger charge is 2.05. The Morgan fingerprint density at radius 3 is 2.84 bits per heavy atom. The molecular formula is C15H13ClN2S. The Labute approximate surface area is 121 Å². The van der Waals surface area contributed by atoms with Crippen LogP contribution < -0.4 is 0 Å². The summed E-state index contributed by atoms with van der Waals surface area (Å²) in [5, 5.41) is 0.750. The maximum atomic E-state index is 6.03. The second-order valence-electron chi connectivity index (χ2n) is 4.67. The van der Waals surface area contributed by atoms with Gasteiger partial charge in [-0.2, -0.15) is 0 Å². The molecule has 0 aliphatic rings. The fourth-order valence-corrected chi connectivity index (χ4v) is 2.72. The van der Waals surface area contributed by atoms with Crippen LogP contribution in [0.1, 0.15) is 11.1 Å². The molecule has 0 bridgehead atoms. The van der Waals surface area contributed by atoms with Gasteiger partial charge in [-0.1, -0.05) is 29.8 Å². The zero-order valence-corrected chi connectivity index (χ0v) is 12.1. The van der Waals surface area contributed by atoms with E-state index < -0.39 is 0 Å². The van der Waals surface area contributed by atoms with Crippen LogP contribution in [0.15, 0.2) is 42.5 Å². The van der Waals surface area contributed by atoms with Gasteiger partial charge in [-0.05, 0) is 54.5 Å². The standard InChI is InChI=1S/C15H13ClN2S/c1-10-5-6-13-14(7-10)18(15(19)17-13)9-11-3-2-4-12(16)8-11/h2-8H,9H2,1H3,(H,17,19). The molecule has 1 aromatic heterocycles. The highest BCUT2D eigenvalue weighted by molar-refractivity contribution is 7.71. The van der Waals surface area contributed by atoms with Crippen LogP contribution in [0.3, 0.4) is 0 Å². The summed E-state index contributed by atoms with van der Waals surface area (Å²) in [6.45, 7) is 2.81. The van der Waals surface area contributed by atoms with Crippen LogP contribution in [0.2, 0.25) is 5.02 Å². The van der Waals surface area contributed by atoms with Crippen LogP contribution in [0.4, 0.5) is 0 Å². The lowest BCUT2D eigenvalue weighted by Gasteiger charge is -2.05. The molecule has 0 aliphatic carbocycles. The number of fused-ring (bicyclic) bond motifs is 1. The molecule has 0 amide bonds. The summed E-state index contributed by atoms with van der Waals surface area (Å²) < 4.78 is 2.84. The summed E-state index contributed by atoms with van der Waals surface area (Å²) in [4.78, 5) is 3.23. The number of aromatic amines is 1. The second kappa shape index (κ2) is 4.83. The Bertz CT molecular complexity index is 801. The van der Waals surface area contributed by atoms with E-state index >= 15 is 0 Å². The maximum absolute atomic E-state index is 6.03. The minimum absolute atomic E-state index is 0.725. The Kier molecular flexibility index (Phi) is 3.17. The summed E-state index contributed by atoms with van der Waals surface area (Å²) in [6, 6.07) is 14.2. The quantitative estimate of drug-likeness (QED) is 0.677. The van der Waals surface area contributed by atoms with E-state index in [0.717, 1.165) is 32.9 Å². The van der Waals surface area contributed by atoms with Crippen LogP contribution in [-0.4, -0.2) is 9.55 Å². The van der Waals surface area contributed by atoms with Crippen LogP contribution in [0, 0.1) is 11.7 Å². The van der Waals surface area contributed by atoms with E-state index in [9.17, 15) is 0 Å². The van der Waals surface area contributed by atoms with Crippen molar-refractivity contribution in [2.45, 2.75) is 13.5 Å². The zero-order valence-electron chi connectivity index (χ0n) is 10.5. The van der Waals surface area contributed by atoms with Crippen LogP contribution in [0.25, 0.3) is 11.0 Å². The molecule has 4 heteroatoms. The minimum Gasteiger partial charge on any atom is -0.331 e. The third-order valence-electron chi connectivity index (χ3n) is 3.16. The number of H-pyrrole nitrogens is 1. The summed E-state index contributed by atoms with van der Waals surface area (Å²) in [6.07, 6.45) is 0. The molecular weight excluding hydrogens is 276 g/mol. The van der Waals surface area contributed by atoms with Crippen molar-refractivity contribution in [3.63, 3.8) is 0 Å². The van der Waals surface area contributed by atoms with Gasteiger partial charge in [0.2, 0.25) is 0 Å². The first-order chi connectivity index (χ1) is 9.13. The second-order valence-corrected chi connectivity index (χ2v) is 5.49. The van der Waals surface area contributed by atoms with Crippen molar-refractivity contribution in [2.75, 3.05) is 0 Å². The lowest BCUT2D eigenvalue weighted by Crippen LogP contribution is -1.99. The van der Waals surface area contributed by atoms with Gasteiger partial charge in [0.25, 0.3) is 0 Å². The Hall–Kier alpha value is -1.58. The van der Waals surface area contributed by atoms with E-state index in [4.69, 9.17) is 23.8 Å². The molecule has 0 radical (unpaired) electrons. The lowest BCUT2D eigenvalue weighted by molar-refractivity contribution is 0.810. The molecule has 0 saturated carbocycles. The first kappa shape index (κ1) is 12.5. The third-order valence-corrected chi connectivity index (χ3v) is 3.72. The van der Waals surface area contributed by atoms with Gasteiger partial charge in [-0.25, -0.2) is 0 Å². The molecule has 0 spiro atoms. The number of nitrogens with zero attached hydrogens (tertiary/aromatic N) is 1. The van der Waals surface area contributed by atoms with Crippen molar-refractivity contribution >= 4 is 34.9 Å². The number of aromatic nitrogens is 2. The highest BCUT2D eigenvalue weighted by atomic mass is 35.5. The number of hydrogen-bond acceptors (Lipinski definition) is 1. The van der Waals surface area contributed by atoms with E-state index in [-0.39, 0.29) is 0 Å². The normalized spacial score (nSPS) is 11.1. The number of imidazole rings is 1. The fourth-order valence-electron chi connectivity index (χ4n) is 2.24. The Morgan fingerprint density at radius 2 is 2.05 bits per heavy atom. The predicted octanol–water partition coefficient (Wildman–Crippen LogP) is 4.71. The molecule has 1 N–H and O–H groups in total. The number of benzene rings is 2. The fraction of sp³-hybridized carbons (Fsp3) is 0.133. The van der Waals surface area contributed by atoms with Gasteiger partial charge in [0.1, 0.15) is 0 Å². The van der Waals surface area contributed by atoms with E-state index in [2.05, 4.69) is 40.7 Å². The third kappa shape index (κ3) is 2.44. The largest absolute Gasteiger partial charge is 0.331 e. The smallest absolute Gasteiger partial charge is 0.178 e. The molecule has 3 aromatic rings. The van der Waals surface area contributed by atoms with Gasteiger partial charge < -0.3 is 9.55 Å². The molecule has 2 aromatic carbocycles. The van der Waals surface area contributed by atoms with Crippen molar-refractivity contribution in [1.82, 2.24) is 9.55 Å². The first-order valence-electron chi connectivity index (χ1n) is 6.07. The van der Waals surface area contributed by atoms with Gasteiger partial charge in [-0.3, -0.25) is 0 Å². The van der Waals surface area contributed by atoms with Crippen molar-refractivity contribution in [1.29, 1.82) is 0 Å². The Balaban J connectivity index is 2.12. The molecule has 19 heavy (non-hydrogen) atoms. The van der Waals surface area contributed by atoms with Gasteiger partial charge in [0, 0.05) is 5.02 Å². The number of halogens is 1. The molecule has 96 valence electrons. The molecule has 3 rings (SSSR count). The van der Waals surface area contributed by atoms with Crippen molar-refractivity contribution in [3.8, 4) is 0 Å². The molecule has 0 aliphatic heterocycles. The topological polar surface area (TPSA) is 20.7 Å². The van der Waals surface area contributed by atoms with E-state index in [1.54, 1.807) is 0 Å². The van der Waals surface area contributed by atoms with Gasteiger partial charge in [-0.15, -0.1) is 0 Å².